The van der Waals surface area contributed by atoms with Gasteiger partial charge in [0.15, 0.2) is 5.78 Å². The quantitative estimate of drug-likeness (QED) is 0.752. The molecule has 2 heteroatoms. The summed E-state index contributed by atoms with van der Waals surface area (Å²) in [6.45, 7) is 5.11. The molecule has 1 heterocycles. The molecule has 0 radical (unpaired) electrons. The Morgan fingerprint density at radius 3 is 2.61 bits per heavy atom. The lowest BCUT2D eigenvalue weighted by molar-refractivity contribution is 0.0186. The van der Waals surface area contributed by atoms with Gasteiger partial charge in [-0.05, 0) is 37.2 Å². The number of carbonyl (C=O) groups excluding carboxylic acids is 1. The molecule has 1 aromatic carbocycles. The van der Waals surface area contributed by atoms with Gasteiger partial charge < -0.3 is 4.74 Å². The summed E-state index contributed by atoms with van der Waals surface area (Å²) >= 11 is 0. The normalized spacial score (nSPS) is 21.6. The highest BCUT2D eigenvalue weighted by Gasteiger charge is 2.23. The molecule has 18 heavy (non-hydrogen) atoms. The van der Waals surface area contributed by atoms with E-state index < -0.39 is 0 Å². The van der Waals surface area contributed by atoms with E-state index in [4.69, 9.17) is 4.74 Å². The fourth-order valence-corrected chi connectivity index (χ4v) is 2.35. The van der Waals surface area contributed by atoms with Crippen molar-refractivity contribution < 1.29 is 9.53 Å². The van der Waals surface area contributed by atoms with Crippen LogP contribution in [0.15, 0.2) is 24.3 Å². The van der Waals surface area contributed by atoms with Gasteiger partial charge >= 0.3 is 0 Å². The number of hydrogen-bond donors (Lipinski definition) is 0. The molecule has 2 rings (SSSR count). The molecule has 2 atom stereocenters. The number of ether oxygens (including phenoxy) is 1. The van der Waals surface area contributed by atoms with Crippen molar-refractivity contribution >= 4 is 5.78 Å². The zero-order valence-corrected chi connectivity index (χ0v) is 11.3. The molecule has 0 N–H and O–H groups in total. The standard InChI is InChI=1S/C16H22O2/c1-3-12(2)13-7-9-14(10-8-13)16(17)15-6-4-5-11-18-15/h7-10,12,15H,3-6,11H2,1-2H3. The van der Waals surface area contributed by atoms with Crippen molar-refractivity contribution in [3.05, 3.63) is 35.4 Å². The average Bonchev–Trinajstić information content (AvgIpc) is 2.47. The fourth-order valence-electron chi connectivity index (χ4n) is 2.35. The predicted molar refractivity (Wildman–Crippen MR) is 73.1 cm³/mol. The minimum absolute atomic E-state index is 0.144. The van der Waals surface area contributed by atoms with Crippen LogP contribution in [0.2, 0.25) is 0 Å². The molecule has 2 unspecified atom stereocenters. The lowest BCUT2D eigenvalue weighted by Crippen LogP contribution is -2.28. The summed E-state index contributed by atoms with van der Waals surface area (Å²) in [5, 5.41) is 0. The van der Waals surface area contributed by atoms with Gasteiger partial charge in [0, 0.05) is 12.2 Å². The summed E-state index contributed by atoms with van der Waals surface area (Å²) in [6.07, 6.45) is 3.96. The van der Waals surface area contributed by atoms with Gasteiger partial charge in [-0.15, -0.1) is 0 Å². The van der Waals surface area contributed by atoms with Gasteiger partial charge in [-0.25, -0.2) is 0 Å². The van der Waals surface area contributed by atoms with Crippen LogP contribution in [0.3, 0.4) is 0 Å². The van der Waals surface area contributed by atoms with Gasteiger partial charge in [0.05, 0.1) is 0 Å². The molecule has 0 aliphatic carbocycles. The first-order valence-corrected chi connectivity index (χ1v) is 6.98. The van der Waals surface area contributed by atoms with Crippen LogP contribution in [0.25, 0.3) is 0 Å². The smallest absolute Gasteiger partial charge is 0.191 e. The third-order valence-electron chi connectivity index (χ3n) is 3.85. The third-order valence-corrected chi connectivity index (χ3v) is 3.85. The Bertz CT molecular complexity index is 388. The zero-order chi connectivity index (χ0) is 13.0. The molecule has 1 aliphatic rings. The van der Waals surface area contributed by atoms with E-state index in [1.54, 1.807) is 0 Å². The van der Waals surface area contributed by atoms with Crippen LogP contribution >= 0.6 is 0 Å². The first kappa shape index (κ1) is 13.3. The maximum atomic E-state index is 12.2. The van der Waals surface area contributed by atoms with Crippen LogP contribution in [-0.4, -0.2) is 18.5 Å². The highest BCUT2D eigenvalue weighted by molar-refractivity contribution is 5.99. The second-order valence-electron chi connectivity index (χ2n) is 5.15. The lowest BCUT2D eigenvalue weighted by Gasteiger charge is -2.21. The Hall–Kier alpha value is -1.15. The number of carbonyl (C=O) groups is 1. The van der Waals surface area contributed by atoms with Gasteiger partial charge in [-0.1, -0.05) is 38.1 Å². The van der Waals surface area contributed by atoms with Gasteiger partial charge in [-0.3, -0.25) is 4.79 Å². The summed E-state index contributed by atoms with van der Waals surface area (Å²) in [5.41, 5.74) is 2.09. The topological polar surface area (TPSA) is 26.3 Å². The molecule has 1 aliphatic heterocycles. The van der Waals surface area contributed by atoms with E-state index >= 15 is 0 Å². The highest BCUT2D eigenvalue weighted by Crippen LogP contribution is 2.21. The molecule has 0 bridgehead atoms. The third kappa shape index (κ3) is 2.99. The minimum Gasteiger partial charge on any atom is -0.370 e. The van der Waals surface area contributed by atoms with Crippen molar-refractivity contribution in [2.45, 2.75) is 51.6 Å². The Kier molecular flexibility index (Phi) is 4.54. The molecule has 1 saturated heterocycles. The second-order valence-corrected chi connectivity index (χ2v) is 5.15. The van der Waals surface area contributed by atoms with Gasteiger partial charge in [0.1, 0.15) is 6.10 Å². The van der Waals surface area contributed by atoms with Gasteiger partial charge in [0.25, 0.3) is 0 Å². The number of ketones is 1. The van der Waals surface area contributed by atoms with E-state index in [0.717, 1.165) is 37.9 Å². The van der Waals surface area contributed by atoms with Crippen molar-refractivity contribution in [3.8, 4) is 0 Å². The number of Topliss-reactive ketones (excluding diaryl/α,β-unsaturated/α-hetero) is 1. The summed E-state index contributed by atoms with van der Waals surface area (Å²) in [7, 11) is 0. The largest absolute Gasteiger partial charge is 0.370 e. The van der Waals surface area contributed by atoms with Crippen molar-refractivity contribution in [3.63, 3.8) is 0 Å². The molecule has 1 aromatic rings. The molecular formula is C16H22O2. The van der Waals surface area contributed by atoms with Crippen molar-refractivity contribution in [2.75, 3.05) is 6.61 Å². The molecule has 1 fully saturated rings. The van der Waals surface area contributed by atoms with Crippen LogP contribution in [0, 0.1) is 0 Å². The first-order valence-electron chi connectivity index (χ1n) is 6.98. The maximum Gasteiger partial charge on any atom is 0.191 e. The molecule has 2 nitrogen and oxygen atoms in total. The number of hydrogen-bond acceptors (Lipinski definition) is 2. The van der Waals surface area contributed by atoms with Gasteiger partial charge in [0.2, 0.25) is 0 Å². The van der Waals surface area contributed by atoms with Crippen LogP contribution < -0.4 is 0 Å². The van der Waals surface area contributed by atoms with Crippen molar-refractivity contribution in [2.24, 2.45) is 0 Å². The Balaban J connectivity index is 2.06. The highest BCUT2D eigenvalue weighted by atomic mass is 16.5. The van der Waals surface area contributed by atoms with Crippen molar-refractivity contribution in [1.82, 2.24) is 0 Å². The first-order chi connectivity index (χ1) is 8.72. The zero-order valence-electron chi connectivity index (χ0n) is 11.3. The molecule has 0 amide bonds. The van der Waals surface area contributed by atoms with E-state index in [-0.39, 0.29) is 11.9 Å². The molecule has 0 spiro atoms. The maximum absolute atomic E-state index is 12.2. The van der Waals surface area contributed by atoms with Gasteiger partial charge in [-0.2, -0.15) is 0 Å². The van der Waals surface area contributed by atoms with Crippen molar-refractivity contribution in [1.29, 1.82) is 0 Å². The molecule has 0 saturated carbocycles. The number of benzene rings is 1. The second kappa shape index (κ2) is 6.14. The summed E-state index contributed by atoms with van der Waals surface area (Å²) in [6, 6.07) is 8.04. The lowest BCUT2D eigenvalue weighted by atomic mass is 9.95. The van der Waals surface area contributed by atoms with Crippen LogP contribution in [0.4, 0.5) is 0 Å². The molecule has 98 valence electrons. The SMILES string of the molecule is CCC(C)c1ccc(C(=O)C2CCCCO2)cc1. The predicted octanol–water partition coefficient (Wildman–Crippen LogP) is 3.95. The summed E-state index contributed by atoms with van der Waals surface area (Å²) < 4.78 is 5.54. The average molecular weight is 246 g/mol. The van der Waals surface area contributed by atoms with E-state index in [2.05, 4.69) is 26.0 Å². The van der Waals surface area contributed by atoms with E-state index in [9.17, 15) is 4.79 Å². The fraction of sp³-hybridized carbons (Fsp3) is 0.562. The molecular weight excluding hydrogens is 224 g/mol. The summed E-state index contributed by atoms with van der Waals surface area (Å²) in [5.74, 6) is 0.700. The van der Waals surface area contributed by atoms with E-state index in [1.165, 1.54) is 5.56 Å². The minimum atomic E-state index is -0.215. The van der Waals surface area contributed by atoms with E-state index in [0.29, 0.717) is 5.92 Å². The Morgan fingerprint density at radius 2 is 2.06 bits per heavy atom. The van der Waals surface area contributed by atoms with Crippen LogP contribution in [0.5, 0.6) is 0 Å². The van der Waals surface area contributed by atoms with Crippen LogP contribution in [-0.2, 0) is 4.74 Å². The monoisotopic (exact) mass is 246 g/mol. The Labute approximate surface area is 109 Å². The van der Waals surface area contributed by atoms with Crippen LogP contribution in [0.1, 0.15) is 61.4 Å². The van der Waals surface area contributed by atoms with E-state index in [1.807, 2.05) is 12.1 Å². The Morgan fingerprint density at radius 1 is 1.33 bits per heavy atom. The number of rotatable bonds is 4. The molecule has 0 aromatic heterocycles. The summed E-state index contributed by atoms with van der Waals surface area (Å²) in [4.78, 5) is 12.2.